The quantitative estimate of drug-likeness (QED) is 0.219. The first-order chi connectivity index (χ1) is 17.9. The summed E-state index contributed by atoms with van der Waals surface area (Å²) in [4.78, 5) is 27.5. The molecule has 0 aromatic heterocycles. The van der Waals surface area contributed by atoms with Crippen molar-refractivity contribution in [3.63, 3.8) is 0 Å². The minimum Gasteiger partial charge on any atom is -0.493 e. The molecular formula is C29H21Cl2NO4S. The maximum atomic E-state index is 13.2. The Morgan fingerprint density at radius 2 is 1.70 bits per heavy atom. The molecule has 4 aromatic rings. The van der Waals surface area contributed by atoms with Gasteiger partial charge in [-0.3, -0.25) is 14.5 Å². The van der Waals surface area contributed by atoms with E-state index >= 15 is 0 Å². The summed E-state index contributed by atoms with van der Waals surface area (Å²) in [5.74, 6) is 0.462. The van der Waals surface area contributed by atoms with Crippen molar-refractivity contribution in [3.8, 4) is 11.5 Å². The Morgan fingerprint density at radius 1 is 0.946 bits per heavy atom. The van der Waals surface area contributed by atoms with Gasteiger partial charge >= 0.3 is 0 Å². The van der Waals surface area contributed by atoms with Gasteiger partial charge in [-0.2, -0.15) is 0 Å². The van der Waals surface area contributed by atoms with Crippen LogP contribution in [-0.2, 0) is 17.9 Å². The van der Waals surface area contributed by atoms with Crippen LogP contribution in [0.1, 0.15) is 16.7 Å². The molecule has 1 saturated heterocycles. The van der Waals surface area contributed by atoms with E-state index in [-0.39, 0.29) is 24.3 Å². The number of thioether (sulfide) groups is 1. The molecule has 4 aromatic carbocycles. The molecule has 1 aliphatic rings. The molecule has 0 spiro atoms. The highest BCUT2D eigenvalue weighted by atomic mass is 35.5. The summed E-state index contributed by atoms with van der Waals surface area (Å²) >= 11 is 13.4. The summed E-state index contributed by atoms with van der Waals surface area (Å²) in [6.45, 7) is 0.477. The Hall–Kier alpha value is -3.45. The molecule has 1 heterocycles. The lowest BCUT2D eigenvalue weighted by Crippen LogP contribution is -2.27. The smallest absolute Gasteiger partial charge is 0.293 e. The van der Waals surface area contributed by atoms with Crippen LogP contribution in [0.15, 0.2) is 83.8 Å². The van der Waals surface area contributed by atoms with E-state index in [0.717, 1.165) is 33.7 Å². The van der Waals surface area contributed by atoms with Gasteiger partial charge in [-0.1, -0.05) is 77.8 Å². The molecule has 5 rings (SSSR count). The second-order valence-electron chi connectivity index (χ2n) is 8.36. The summed E-state index contributed by atoms with van der Waals surface area (Å²) in [7, 11) is 1.52. The third-order valence-electron chi connectivity index (χ3n) is 5.93. The van der Waals surface area contributed by atoms with Crippen molar-refractivity contribution in [1.82, 2.24) is 4.90 Å². The van der Waals surface area contributed by atoms with Crippen LogP contribution in [0.4, 0.5) is 4.79 Å². The van der Waals surface area contributed by atoms with Crippen molar-refractivity contribution in [3.05, 3.63) is 111 Å². The number of ether oxygens (including phenoxy) is 2. The topological polar surface area (TPSA) is 55.8 Å². The van der Waals surface area contributed by atoms with Crippen molar-refractivity contribution >= 4 is 63.0 Å². The number of nitrogens with zero attached hydrogens (tertiary/aromatic N) is 1. The molecule has 0 N–H and O–H groups in total. The standard InChI is InChI=1S/C29H21Cl2NO4S/c1-35-25-14-19(13-24(31)27(25)36-17-18-9-11-22(30)12-10-18)15-26-28(33)32(29(34)37-26)16-21-7-4-6-20-5-2-3-8-23(20)21/h2-15H,16-17H2,1H3/b26-15+. The fraction of sp³-hybridized carbons (Fsp3) is 0.103. The third-order valence-corrected chi connectivity index (χ3v) is 7.37. The predicted molar refractivity (Wildman–Crippen MR) is 149 cm³/mol. The number of hydrogen-bond acceptors (Lipinski definition) is 5. The second kappa shape index (κ2) is 10.9. The average Bonchev–Trinajstić information content (AvgIpc) is 3.16. The molecule has 1 fully saturated rings. The largest absolute Gasteiger partial charge is 0.493 e. The lowest BCUT2D eigenvalue weighted by molar-refractivity contribution is -0.123. The molecule has 8 heteroatoms. The van der Waals surface area contributed by atoms with Crippen molar-refractivity contribution in [2.45, 2.75) is 13.2 Å². The molecule has 0 unspecified atom stereocenters. The number of benzene rings is 4. The first-order valence-corrected chi connectivity index (χ1v) is 13.0. The summed E-state index contributed by atoms with van der Waals surface area (Å²) < 4.78 is 11.4. The molecule has 37 heavy (non-hydrogen) atoms. The molecule has 0 atom stereocenters. The zero-order valence-corrected chi connectivity index (χ0v) is 22.1. The number of methoxy groups -OCH3 is 1. The number of rotatable bonds is 7. The van der Waals surface area contributed by atoms with E-state index in [1.807, 2.05) is 54.6 Å². The van der Waals surface area contributed by atoms with Crippen molar-refractivity contribution in [2.75, 3.05) is 7.11 Å². The molecule has 1 aliphatic heterocycles. The zero-order valence-electron chi connectivity index (χ0n) is 19.7. The third kappa shape index (κ3) is 5.47. The van der Waals surface area contributed by atoms with E-state index in [0.29, 0.717) is 32.0 Å². The van der Waals surface area contributed by atoms with Gasteiger partial charge in [0, 0.05) is 5.02 Å². The van der Waals surface area contributed by atoms with Gasteiger partial charge in [0.05, 0.1) is 23.6 Å². The summed E-state index contributed by atoms with van der Waals surface area (Å²) in [5.41, 5.74) is 2.45. The Labute approximate surface area is 228 Å². The first-order valence-electron chi connectivity index (χ1n) is 11.4. The summed E-state index contributed by atoms with van der Waals surface area (Å²) in [6.07, 6.45) is 1.64. The highest BCUT2D eigenvalue weighted by molar-refractivity contribution is 8.18. The van der Waals surface area contributed by atoms with Gasteiger partial charge in [-0.25, -0.2) is 0 Å². The van der Waals surface area contributed by atoms with Gasteiger partial charge in [0.2, 0.25) is 0 Å². The second-order valence-corrected chi connectivity index (χ2v) is 10.2. The van der Waals surface area contributed by atoms with Crippen molar-refractivity contribution in [2.24, 2.45) is 0 Å². The molecule has 0 radical (unpaired) electrons. The van der Waals surface area contributed by atoms with Crippen LogP contribution in [0.2, 0.25) is 10.0 Å². The van der Waals surface area contributed by atoms with E-state index in [1.54, 1.807) is 30.3 Å². The summed E-state index contributed by atoms with van der Waals surface area (Å²) in [6, 6.07) is 24.5. The lowest BCUT2D eigenvalue weighted by Gasteiger charge is -2.14. The van der Waals surface area contributed by atoms with Crippen LogP contribution in [0.3, 0.4) is 0 Å². The fourth-order valence-corrected chi connectivity index (χ4v) is 5.33. The lowest BCUT2D eigenvalue weighted by atomic mass is 10.0. The Balaban J connectivity index is 1.36. The molecule has 186 valence electrons. The minimum atomic E-state index is -0.346. The van der Waals surface area contributed by atoms with E-state index in [4.69, 9.17) is 32.7 Å². The van der Waals surface area contributed by atoms with E-state index < -0.39 is 0 Å². The van der Waals surface area contributed by atoms with Crippen LogP contribution in [0.5, 0.6) is 11.5 Å². The minimum absolute atomic E-state index is 0.199. The average molecular weight is 550 g/mol. The SMILES string of the molecule is COc1cc(/C=C2/SC(=O)N(Cc3cccc4ccccc34)C2=O)cc(Cl)c1OCc1ccc(Cl)cc1. The number of carbonyl (C=O) groups is 2. The van der Waals surface area contributed by atoms with Gasteiger partial charge in [0.25, 0.3) is 11.1 Å². The molecule has 0 aliphatic carbocycles. The molecular weight excluding hydrogens is 529 g/mol. The zero-order chi connectivity index (χ0) is 25.9. The van der Waals surface area contributed by atoms with Crippen LogP contribution < -0.4 is 9.47 Å². The van der Waals surface area contributed by atoms with Crippen molar-refractivity contribution < 1.29 is 19.1 Å². The molecule has 5 nitrogen and oxygen atoms in total. The maximum Gasteiger partial charge on any atom is 0.293 e. The van der Waals surface area contributed by atoms with Gasteiger partial charge in [-0.15, -0.1) is 0 Å². The van der Waals surface area contributed by atoms with Crippen LogP contribution in [0, 0.1) is 0 Å². The van der Waals surface area contributed by atoms with Crippen molar-refractivity contribution in [1.29, 1.82) is 0 Å². The molecule has 0 saturated carbocycles. The molecule has 0 bridgehead atoms. The number of amides is 2. The number of hydrogen-bond donors (Lipinski definition) is 0. The Morgan fingerprint density at radius 3 is 2.49 bits per heavy atom. The van der Waals surface area contributed by atoms with Gasteiger partial charge < -0.3 is 9.47 Å². The molecule has 2 amide bonds. The van der Waals surface area contributed by atoms with E-state index in [1.165, 1.54) is 12.0 Å². The Kier molecular flexibility index (Phi) is 7.42. The highest BCUT2D eigenvalue weighted by Crippen LogP contribution is 2.40. The van der Waals surface area contributed by atoms with E-state index in [9.17, 15) is 9.59 Å². The maximum absolute atomic E-state index is 13.2. The van der Waals surface area contributed by atoms with Gasteiger partial charge in [0.1, 0.15) is 6.61 Å². The monoisotopic (exact) mass is 549 g/mol. The number of fused-ring (bicyclic) bond motifs is 1. The number of carbonyl (C=O) groups excluding carboxylic acids is 2. The van der Waals surface area contributed by atoms with Gasteiger partial charge in [0.15, 0.2) is 11.5 Å². The first kappa shape index (κ1) is 25.2. The van der Waals surface area contributed by atoms with E-state index in [2.05, 4.69) is 0 Å². The fourth-order valence-electron chi connectivity index (χ4n) is 4.09. The number of halogens is 2. The highest BCUT2D eigenvalue weighted by Gasteiger charge is 2.35. The number of imide groups is 1. The van der Waals surface area contributed by atoms with Crippen LogP contribution >= 0.6 is 35.0 Å². The van der Waals surface area contributed by atoms with Crippen LogP contribution in [0.25, 0.3) is 16.8 Å². The Bertz CT molecular complexity index is 1530. The normalized spacial score (nSPS) is 14.6. The van der Waals surface area contributed by atoms with Gasteiger partial charge in [-0.05, 0) is 69.6 Å². The van der Waals surface area contributed by atoms with Crippen LogP contribution in [-0.4, -0.2) is 23.2 Å². The summed E-state index contributed by atoms with van der Waals surface area (Å²) in [5, 5.41) is 2.73. The predicted octanol–water partition coefficient (Wildman–Crippen LogP) is 7.97.